The Morgan fingerprint density at radius 1 is 1.11 bits per heavy atom. The Bertz CT molecular complexity index is 988. The molecule has 4 rings (SSSR count). The van der Waals surface area contributed by atoms with Crippen molar-refractivity contribution < 1.29 is 13.2 Å². The minimum atomic E-state index is -3.02. The number of amides is 2. The monoisotopic (exact) mass is 385 g/mol. The largest absolute Gasteiger partial charge is 0.355 e. The average molecular weight is 385 g/mol. The predicted octanol–water partition coefficient (Wildman–Crippen LogP) is 3.18. The maximum Gasteiger partial charge on any atom is 0.321 e. The number of carbonyl (C=O) groups excluding carboxylic acids is 1. The molecule has 27 heavy (non-hydrogen) atoms. The molecule has 2 N–H and O–H groups in total. The summed E-state index contributed by atoms with van der Waals surface area (Å²) in [5.41, 5.74) is 5.26. The van der Waals surface area contributed by atoms with Crippen molar-refractivity contribution in [3.8, 4) is 0 Å². The number of fused-ring (bicyclic) bond motifs is 2. The summed E-state index contributed by atoms with van der Waals surface area (Å²) in [6, 6.07) is 13.6. The number of hydrogen-bond donors (Lipinski definition) is 2. The molecule has 0 aromatic heterocycles. The minimum Gasteiger partial charge on any atom is -0.355 e. The molecular formula is C20H23N3O3S. The van der Waals surface area contributed by atoms with Crippen LogP contribution in [0.25, 0.3) is 0 Å². The van der Waals surface area contributed by atoms with Gasteiger partial charge in [0.1, 0.15) is 0 Å². The lowest BCUT2D eigenvalue weighted by Crippen LogP contribution is -2.40. The average Bonchev–Trinajstić information content (AvgIpc) is 2.90. The maximum atomic E-state index is 12.5. The van der Waals surface area contributed by atoms with Gasteiger partial charge in [0.2, 0.25) is 0 Å². The van der Waals surface area contributed by atoms with E-state index in [1.807, 2.05) is 30.3 Å². The van der Waals surface area contributed by atoms with Crippen LogP contribution in [0.2, 0.25) is 0 Å². The Hall–Kier alpha value is -2.54. The van der Waals surface area contributed by atoms with Crippen LogP contribution in [0.4, 0.5) is 21.9 Å². The Morgan fingerprint density at radius 3 is 2.59 bits per heavy atom. The number of anilines is 3. The van der Waals surface area contributed by atoms with E-state index < -0.39 is 9.84 Å². The van der Waals surface area contributed by atoms with Crippen LogP contribution in [-0.4, -0.2) is 43.9 Å². The zero-order valence-electron chi connectivity index (χ0n) is 15.2. The topological polar surface area (TPSA) is 78.5 Å². The second-order valence-corrected chi connectivity index (χ2v) is 9.48. The number of sulfone groups is 1. The highest BCUT2D eigenvalue weighted by molar-refractivity contribution is 7.91. The van der Waals surface area contributed by atoms with E-state index in [0.717, 1.165) is 24.2 Å². The van der Waals surface area contributed by atoms with Gasteiger partial charge in [-0.2, -0.15) is 0 Å². The summed E-state index contributed by atoms with van der Waals surface area (Å²) in [6.07, 6.45) is 2.41. The van der Waals surface area contributed by atoms with E-state index in [1.165, 1.54) is 16.0 Å². The van der Waals surface area contributed by atoms with Crippen molar-refractivity contribution in [3.05, 3.63) is 53.6 Å². The van der Waals surface area contributed by atoms with Crippen molar-refractivity contribution >= 4 is 32.9 Å². The Labute approximate surface area is 159 Å². The fourth-order valence-corrected chi connectivity index (χ4v) is 5.50. The van der Waals surface area contributed by atoms with Gasteiger partial charge < -0.3 is 15.5 Å². The van der Waals surface area contributed by atoms with Crippen molar-refractivity contribution in [3.63, 3.8) is 0 Å². The van der Waals surface area contributed by atoms with E-state index in [9.17, 15) is 13.2 Å². The normalized spacial score (nSPS) is 20.0. The summed E-state index contributed by atoms with van der Waals surface area (Å²) in [4.78, 5) is 14.0. The number of nitrogens with zero attached hydrogens (tertiary/aromatic N) is 1. The van der Waals surface area contributed by atoms with E-state index in [1.54, 1.807) is 7.05 Å². The number of nitrogens with one attached hydrogen (secondary N) is 2. The van der Waals surface area contributed by atoms with Crippen LogP contribution >= 0.6 is 0 Å². The molecule has 0 unspecified atom stereocenters. The van der Waals surface area contributed by atoms with Gasteiger partial charge in [0.05, 0.1) is 11.5 Å². The van der Waals surface area contributed by atoms with E-state index in [2.05, 4.69) is 22.8 Å². The lowest BCUT2D eigenvalue weighted by atomic mass is 10.0. The second kappa shape index (κ2) is 6.88. The van der Waals surface area contributed by atoms with Gasteiger partial charge in [-0.05, 0) is 48.6 Å². The fraction of sp³-hybridized carbons (Fsp3) is 0.350. The number of benzene rings is 2. The number of aryl methyl sites for hydroxylation is 2. The summed E-state index contributed by atoms with van der Waals surface area (Å²) in [6.45, 7) is 0. The standard InChI is InChI=1S/C20H23N3O3S/c1-23(17-10-11-27(25,26)13-17)20(24)21-16-9-8-15-7-6-14-4-2-3-5-18(14)22-19(15)12-16/h2-5,8-9,12,17,22H,6-7,10-11,13H2,1H3,(H,21,24)/t17-/m1/s1. The number of urea groups is 1. The highest BCUT2D eigenvalue weighted by Crippen LogP contribution is 2.31. The molecule has 2 amide bonds. The molecule has 0 radical (unpaired) electrons. The Kier molecular flexibility index (Phi) is 4.55. The molecule has 2 aromatic carbocycles. The van der Waals surface area contributed by atoms with Gasteiger partial charge in [-0.25, -0.2) is 13.2 Å². The van der Waals surface area contributed by atoms with E-state index in [0.29, 0.717) is 12.1 Å². The van der Waals surface area contributed by atoms with Gasteiger partial charge >= 0.3 is 6.03 Å². The van der Waals surface area contributed by atoms with Gasteiger partial charge in [0, 0.05) is 30.2 Å². The molecule has 0 bridgehead atoms. The lowest BCUT2D eigenvalue weighted by molar-refractivity contribution is 0.209. The number of carbonyl (C=O) groups is 1. The fourth-order valence-electron chi connectivity index (χ4n) is 3.72. The SMILES string of the molecule is CN(C(=O)Nc1ccc2c(c1)Nc1ccccc1CC2)[C@@H]1CCS(=O)(=O)C1. The van der Waals surface area contributed by atoms with Gasteiger partial charge in [0.25, 0.3) is 0 Å². The molecule has 2 heterocycles. The van der Waals surface area contributed by atoms with Crippen LogP contribution in [0.1, 0.15) is 17.5 Å². The van der Waals surface area contributed by atoms with Crippen LogP contribution in [0.3, 0.4) is 0 Å². The van der Waals surface area contributed by atoms with Crippen LogP contribution in [0.5, 0.6) is 0 Å². The maximum absolute atomic E-state index is 12.5. The van der Waals surface area contributed by atoms with E-state index >= 15 is 0 Å². The zero-order valence-corrected chi connectivity index (χ0v) is 16.1. The summed E-state index contributed by atoms with van der Waals surface area (Å²) in [5.74, 6) is 0.191. The van der Waals surface area contributed by atoms with Crippen molar-refractivity contribution in [1.82, 2.24) is 4.90 Å². The quantitative estimate of drug-likeness (QED) is 0.832. The molecule has 6 nitrogen and oxygen atoms in total. The molecule has 1 fully saturated rings. The molecule has 0 spiro atoms. The first-order valence-electron chi connectivity index (χ1n) is 9.13. The molecule has 0 saturated carbocycles. The van der Waals surface area contributed by atoms with Gasteiger partial charge in [-0.1, -0.05) is 24.3 Å². The first-order chi connectivity index (χ1) is 12.9. The molecule has 2 aromatic rings. The molecular weight excluding hydrogens is 362 g/mol. The van der Waals surface area contributed by atoms with E-state index in [4.69, 9.17) is 0 Å². The number of hydrogen-bond acceptors (Lipinski definition) is 4. The van der Waals surface area contributed by atoms with Gasteiger partial charge in [-0.3, -0.25) is 0 Å². The summed E-state index contributed by atoms with van der Waals surface area (Å²) in [7, 11) is -1.37. The van der Waals surface area contributed by atoms with Crippen LogP contribution < -0.4 is 10.6 Å². The highest BCUT2D eigenvalue weighted by atomic mass is 32.2. The van der Waals surface area contributed by atoms with Gasteiger partial charge in [0.15, 0.2) is 9.84 Å². The molecule has 2 aliphatic heterocycles. The molecule has 142 valence electrons. The third kappa shape index (κ3) is 3.78. The van der Waals surface area contributed by atoms with Gasteiger partial charge in [-0.15, -0.1) is 0 Å². The smallest absolute Gasteiger partial charge is 0.321 e. The minimum absolute atomic E-state index is 0.0411. The zero-order chi connectivity index (χ0) is 19.0. The molecule has 2 aliphatic rings. The molecule has 0 aliphatic carbocycles. The van der Waals surface area contributed by atoms with Crippen molar-refractivity contribution in [2.75, 3.05) is 29.2 Å². The summed E-state index contributed by atoms with van der Waals surface area (Å²) < 4.78 is 23.3. The summed E-state index contributed by atoms with van der Waals surface area (Å²) in [5, 5.41) is 6.36. The molecule has 7 heteroatoms. The second-order valence-electron chi connectivity index (χ2n) is 7.25. The molecule has 1 atom stereocenters. The van der Waals surface area contributed by atoms with Crippen LogP contribution in [-0.2, 0) is 22.7 Å². The lowest BCUT2D eigenvalue weighted by Gasteiger charge is -2.24. The van der Waals surface area contributed by atoms with Crippen molar-refractivity contribution in [2.24, 2.45) is 0 Å². The van der Waals surface area contributed by atoms with Crippen LogP contribution in [0.15, 0.2) is 42.5 Å². The first kappa shape index (κ1) is 17.9. The Balaban J connectivity index is 1.50. The first-order valence-corrected chi connectivity index (χ1v) is 11.0. The van der Waals surface area contributed by atoms with Crippen molar-refractivity contribution in [2.45, 2.75) is 25.3 Å². The number of rotatable bonds is 2. The molecule has 1 saturated heterocycles. The Morgan fingerprint density at radius 2 is 1.85 bits per heavy atom. The third-order valence-corrected chi connectivity index (χ3v) is 7.14. The van der Waals surface area contributed by atoms with E-state index in [-0.39, 0.29) is 23.6 Å². The summed E-state index contributed by atoms with van der Waals surface area (Å²) >= 11 is 0. The highest BCUT2D eigenvalue weighted by Gasteiger charge is 2.32. The number of para-hydroxylation sites is 1. The van der Waals surface area contributed by atoms with Crippen LogP contribution in [0, 0.1) is 0 Å². The predicted molar refractivity (Wildman–Crippen MR) is 107 cm³/mol. The van der Waals surface area contributed by atoms with Crippen molar-refractivity contribution in [1.29, 1.82) is 0 Å². The third-order valence-electron chi connectivity index (χ3n) is 5.39.